The standard InChI is InChI=1S/3C12H18N.2C4H8O.CHNS2.Na.V/c3*1-9-6-10(2)8-11(7-9)13-12(3,4)5;2*1-2-4-5-3-1;2-1(3)4;;/h3*6-8H,1-5H3;2*1-4H2;(H,3,4);;/q3*-1;;;;+1;/p-1. The monoisotopic (exact) mass is 836 g/mol. The summed E-state index contributed by atoms with van der Waals surface area (Å²) >= 11 is 10.6. The van der Waals surface area contributed by atoms with Gasteiger partial charge in [-0.3, -0.25) is 0 Å². The smallest absolute Gasteiger partial charge is 1.00 e. The normalized spacial score (nSPS) is 13.1. The molecule has 303 valence electrons. The predicted octanol–water partition coefficient (Wildman–Crippen LogP) is 11.5. The molecule has 0 aliphatic carbocycles. The second-order valence-corrected chi connectivity index (χ2v) is 18.2. The first-order valence-corrected chi connectivity index (χ1v) is 20.5. The van der Waals surface area contributed by atoms with Gasteiger partial charge in [0.25, 0.3) is 0 Å². The van der Waals surface area contributed by atoms with Crippen molar-refractivity contribution < 1.29 is 56.3 Å². The Morgan fingerprint density at radius 1 is 0.509 bits per heavy atom. The van der Waals surface area contributed by atoms with Gasteiger partial charge < -0.3 is 25.4 Å². The molecule has 2 fully saturated rings. The third-order valence-corrected chi connectivity index (χ3v) is 7.68. The van der Waals surface area contributed by atoms with Gasteiger partial charge in [0.2, 0.25) is 0 Å². The average molecular weight is 837 g/mol. The Morgan fingerprint density at radius 2 is 0.691 bits per heavy atom. The van der Waals surface area contributed by atoms with E-state index in [4.69, 9.17) is 9.47 Å². The van der Waals surface area contributed by atoms with Gasteiger partial charge in [0.15, 0.2) is 0 Å². The van der Waals surface area contributed by atoms with Crippen LogP contribution in [0.3, 0.4) is 0 Å². The van der Waals surface area contributed by atoms with Crippen molar-refractivity contribution in [2.45, 2.75) is 146 Å². The number of benzene rings is 3. The Hall–Kier alpha value is -1.33. The minimum atomic E-state index is 0. The average Bonchev–Trinajstić information content (AvgIpc) is 3.74. The molecule has 0 amide bonds. The van der Waals surface area contributed by atoms with E-state index in [-0.39, 0.29) is 50.5 Å². The Kier molecular flexibility index (Phi) is 29.4. The molecule has 0 spiro atoms. The van der Waals surface area contributed by atoms with Gasteiger partial charge in [0, 0.05) is 26.4 Å². The van der Waals surface area contributed by atoms with E-state index < -0.39 is 0 Å². The van der Waals surface area contributed by atoms with Crippen molar-refractivity contribution in [3.05, 3.63) is 104 Å². The maximum Gasteiger partial charge on any atom is 1.00 e. The molecule has 2 saturated heterocycles. The summed E-state index contributed by atoms with van der Waals surface area (Å²) in [5, 5.41) is 13.8. The summed E-state index contributed by atoms with van der Waals surface area (Å²) in [6.07, 6.45) is 5.11. The van der Waals surface area contributed by atoms with Gasteiger partial charge in [0.05, 0.1) is 0 Å². The van der Waals surface area contributed by atoms with Gasteiger partial charge >= 0.3 is 79.7 Å². The first-order chi connectivity index (χ1) is 24.9. The SMILES string of the molecule is C1CCOC1.C1CCOC1.Cc1cc(C)cc([N-]C(C)(C)C)c1.Cc1cc(C)cc([N-]C(C)(C)C)c1.Cc1cc(C)cc([N-]C(C)(C)C)c1.S=C([S-])[N]=[V].[Na+]. The van der Waals surface area contributed by atoms with Crippen LogP contribution in [0.5, 0.6) is 0 Å². The summed E-state index contributed by atoms with van der Waals surface area (Å²) in [5.41, 5.74) is 11.0. The van der Waals surface area contributed by atoms with Crippen molar-refractivity contribution in [2.24, 2.45) is 3.79 Å². The van der Waals surface area contributed by atoms with Crippen molar-refractivity contribution in [3.8, 4) is 0 Å². The molecule has 0 bridgehead atoms. The van der Waals surface area contributed by atoms with Gasteiger partial charge in [-0.15, -0.1) is 33.7 Å². The Balaban J connectivity index is 0. The molecular weight excluding hydrogens is 767 g/mol. The van der Waals surface area contributed by atoms with Gasteiger partial charge in [-0.1, -0.05) is 150 Å². The minimum Gasteiger partial charge on any atom is 1.00 e. The molecule has 0 radical (unpaired) electrons. The van der Waals surface area contributed by atoms with E-state index in [2.05, 4.69) is 203 Å². The van der Waals surface area contributed by atoms with E-state index in [1.165, 1.54) is 59.1 Å². The maximum atomic E-state index is 4.94. The summed E-state index contributed by atoms with van der Waals surface area (Å²) in [6.45, 7) is 35.7. The molecule has 0 saturated carbocycles. The molecule has 2 aliphatic heterocycles. The summed E-state index contributed by atoms with van der Waals surface area (Å²) in [6, 6.07) is 19.2. The Morgan fingerprint density at radius 3 is 0.800 bits per heavy atom. The number of hydrogen-bond acceptors (Lipinski definition) is 4. The fourth-order valence-electron chi connectivity index (χ4n) is 5.23. The number of thiocarbonyl (C=S) groups is 1. The van der Waals surface area contributed by atoms with Crippen molar-refractivity contribution >= 4 is 46.2 Å². The Bertz CT molecular complexity index is 1290. The second kappa shape index (κ2) is 29.0. The number of aryl methyl sites for hydroxylation is 6. The zero-order valence-corrected chi connectivity index (χ0v) is 42.3. The molecular formula is C45H70N4NaO2S2V-3. The molecule has 3 aromatic carbocycles. The van der Waals surface area contributed by atoms with E-state index in [1.807, 2.05) is 17.2 Å². The van der Waals surface area contributed by atoms with E-state index in [1.54, 1.807) is 0 Å². The molecule has 0 aromatic heterocycles. The molecule has 0 unspecified atom stereocenters. The number of nitrogens with zero attached hydrogens (tertiary/aromatic N) is 4. The van der Waals surface area contributed by atoms with Crippen molar-refractivity contribution in [2.75, 3.05) is 26.4 Å². The van der Waals surface area contributed by atoms with E-state index in [9.17, 15) is 0 Å². The molecule has 0 atom stereocenters. The third kappa shape index (κ3) is 35.6. The van der Waals surface area contributed by atoms with Gasteiger partial charge in [-0.2, -0.15) is 0 Å². The van der Waals surface area contributed by atoms with E-state index >= 15 is 0 Å². The third-order valence-electron chi connectivity index (χ3n) is 6.75. The van der Waals surface area contributed by atoms with Crippen LogP contribution in [0.2, 0.25) is 0 Å². The van der Waals surface area contributed by atoms with Crippen LogP contribution >= 0.6 is 12.2 Å². The van der Waals surface area contributed by atoms with E-state index in [0.717, 1.165) is 43.5 Å². The first kappa shape index (κ1) is 55.8. The van der Waals surface area contributed by atoms with Gasteiger partial charge in [-0.05, 0) is 67.2 Å². The fraction of sp³-hybridized carbons (Fsp3) is 0.578. The van der Waals surface area contributed by atoms with Gasteiger partial charge in [0.1, 0.15) is 0 Å². The molecule has 55 heavy (non-hydrogen) atoms. The van der Waals surface area contributed by atoms with Crippen molar-refractivity contribution in [1.29, 1.82) is 0 Å². The van der Waals surface area contributed by atoms with Crippen LogP contribution in [0, 0.1) is 41.5 Å². The fourth-order valence-corrected chi connectivity index (χ4v) is 5.23. The topological polar surface area (TPSA) is 73.1 Å². The van der Waals surface area contributed by atoms with Crippen LogP contribution in [-0.4, -0.2) is 47.4 Å². The maximum absolute atomic E-state index is 4.94. The summed E-state index contributed by atoms with van der Waals surface area (Å²) < 4.78 is 13.5. The van der Waals surface area contributed by atoms with Crippen LogP contribution in [0.1, 0.15) is 121 Å². The van der Waals surface area contributed by atoms with Crippen molar-refractivity contribution in [3.63, 3.8) is 0 Å². The molecule has 0 N–H and O–H groups in total. The molecule has 5 rings (SSSR count). The van der Waals surface area contributed by atoms with Crippen LogP contribution < -0.4 is 29.6 Å². The van der Waals surface area contributed by atoms with Crippen LogP contribution in [0.4, 0.5) is 17.1 Å². The molecule has 6 nitrogen and oxygen atoms in total. The van der Waals surface area contributed by atoms with Crippen molar-refractivity contribution in [1.82, 2.24) is 0 Å². The largest absolute Gasteiger partial charge is 1.00 e. The van der Waals surface area contributed by atoms with Crippen LogP contribution in [-0.2, 0) is 39.3 Å². The number of ether oxygens (including phenoxy) is 2. The minimum absolute atomic E-state index is 0. The molecule has 2 aliphatic rings. The number of rotatable bonds is 3. The first-order valence-electron chi connectivity index (χ1n) is 19.0. The van der Waals surface area contributed by atoms with Crippen LogP contribution in [0.25, 0.3) is 16.0 Å². The molecule has 2 heterocycles. The molecule has 10 heteroatoms. The molecule has 3 aromatic rings. The Labute approximate surface area is 379 Å². The van der Waals surface area contributed by atoms with E-state index in [0.29, 0.717) is 0 Å². The quantitative estimate of drug-likeness (QED) is 0.150. The predicted molar refractivity (Wildman–Crippen MR) is 239 cm³/mol. The number of hydrogen-bond donors (Lipinski definition) is 0. The van der Waals surface area contributed by atoms with Crippen LogP contribution in [0.15, 0.2) is 58.4 Å². The van der Waals surface area contributed by atoms with Gasteiger partial charge in [-0.25, -0.2) is 0 Å². The zero-order valence-electron chi connectivity index (χ0n) is 37.2. The summed E-state index contributed by atoms with van der Waals surface area (Å²) in [4.78, 5) is 0. The summed E-state index contributed by atoms with van der Waals surface area (Å²) in [7, 11) is 0. The second-order valence-electron chi connectivity index (χ2n) is 16.9. The zero-order chi connectivity index (χ0) is 41.5. The summed E-state index contributed by atoms with van der Waals surface area (Å²) in [5.74, 6) is 0.